The maximum absolute atomic E-state index is 13.7. The van der Waals surface area contributed by atoms with Crippen molar-refractivity contribution in [1.82, 2.24) is 4.98 Å². The van der Waals surface area contributed by atoms with Crippen molar-refractivity contribution >= 4 is 5.69 Å². The van der Waals surface area contributed by atoms with E-state index < -0.39 is 17.5 Å². The van der Waals surface area contributed by atoms with Gasteiger partial charge in [0.05, 0.1) is 11.7 Å². The second kappa shape index (κ2) is 5.76. The monoisotopic (exact) mass is 294 g/mol. The second-order valence-electron chi connectivity index (χ2n) is 5.17. The molecule has 1 aromatic carbocycles. The van der Waals surface area contributed by atoms with E-state index in [1.54, 1.807) is 0 Å². The average molecular weight is 294 g/mol. The number of aromatic nitrogens is 1. The Morgan fingerprint density at radius 3 is 2.33 bits per heavy atom. The van der Waals surface area contributed by atoms with Crippen LogP contribution < -0.4 is 5.32 Å². The molecule has 1 unspecified atom stereocenters. The predicted molar refractivity (Wildman–Crippen MR) is 76.8 cm³/mol. The SMILES string of the molecule is Cc1cc(C)c(C(C)Nc2ccc(F)c(F)c2F)c(C)n1. The van der Waals surface area contributed by atoms with Gasteiger partial charge in [0.25, 0.3) is 0 Å². The highest BCUT2D eigenvalue weighted by atomic mass is 19.2. The van der Waals surface area contributed by atoms with Crippen LogP contribution in [0.5, 0.6) is 0 Å². The molecule has 2 nitrogen and oxygen atoms in total. The lowest BCUT2D eigenvalue weighted by atomic mass is 10.00. The number of rotatable bonds is 3. The van der Waals surface area contributed by atoms with Crippen molar-refractivity contribution in [3.8, 4) is 0 Å². The van der Waals surface area contributed by atoms with Gasteiger partial charge in [0.1, 0.15) is 0 Å². The molecule has 1 heterocycles. The highest BCUT2D eigenvalue weighted by Crippen LogP contribution is 2.27. The molecule has 2 rings (SSSR count). The molecule has 0 amide bonds. The number of benzene rings is 1. The van der Waals surface area contributed by atoms with Crippen LogP contribution in [0.25, 0.3) is 0 Å². The van der Waals surface area contributed by atoms with E-state index in [-0.39, 0.29) is 11.7 Å². The summed E-state index contributed by atoms with van der Waals surface area (Å²) in [5.41, 5.74) is 3.60. The molecule has 1 aromatic heterocycles. The van der Waals surface area contributed by atoms with E-state index in [4.69, 9.17) is 0 Å². The third-order valence-corrected chi connectivity index (χ3v) is 3.42. The van der Waals surface area contributed by atoms with Gasteiger partial charge in [0, 0.05) is 11.4 Å². The van der Waals surface area contributed by atoms with Crippen LogP contribution in [0.1, 0.15) is 35.5 Å². The van der Waals surface area contributed by atoms with E-state index in [1.165, 1.54) is 6.07 Å². The molecular formula is C16H17F3N2. The largest absolute Gasteiger partial charge is 0.376 e. The van der Waals surface area contributed by atoms with E-state index >= 15 is 0 Å². The Labute approximate surface area is 122 Å². The summed E-state index contributed by atoms with van der Waals surface area (Å²) in [6, 6.07) is 3.75. The quantitative estimate of drug-likeness (QED) is 0.837. The fraction of sp³-hybridized carbons (Fsp3) is 0.312. The number of nitrogens with zero attached hydrogens (tertiary/aromatic N) is 1. The minimum absolute atomic E-state index is 0.0687. The smallest absolute Gasteiger partial charge is 0.196 e. The molecule has 0 spiro atoms. The number of aryl methyl sites for hydroxylation is 3. The Morgan fingerprint density at radius 2 is 1.71 bits per heavy atom. The van der Waals surface area contributed by atoms with E-state index in [1.807, 2.05) is 33.8 Å². The first kappa shape index (κ1) is 15.4. The Hall–Kier alpha value is -2.04. The molecule has 0 saturated heterocycles. The fourth-order valence-electron chi connectivity index (χ4n) is 2.63. The van der Waals surface area contributed by atoms with Crippen molar-refractivity contribution in [2.24, 2.45) is 0 Å². The van der Waals surface area contributed by atoms with Crippen molar-refractivity contribution in [2.75, 3.05) is 5.32 Å². The number of pyridine rings is 1. The molecule has 5 heteroatoms. The van der Waals surface area contributed by atoms with Gasteiger partial charge in [-0.25, -0.2) is 13.2 Å². The van der Waals surface area contributed by atoms with Gasteiger partial charge in [-0.1, -0.05) is 0 Å². The zero-order chi connectivity index (χ0) is 15.7. The molecule has 0 fully saturated rings. The average Bonchev–Trinajstić information content (AvgIpc) is 2.38. The summed E-state index contributed by atoms with van der Waals surface area (Å²) in [5, 5.41) is 2.87. The van der Waals surface area contributed by atoms with Gasteiger partial charge in [-0.05, 0) is 57.0 Å². The predicted octanol–water partition coefficient (Wildman–Crippen LogP) is 4.60. The van der Waals surface area contributed by atoms with Crippen LogP contribution in [0.2, 0.25) is 0 Å². The standard InChI is InChI=1S/C16H17F3N2/c1-8-7-9(2)20-10(3)14(8)11(4)21-13-6-5-12(17)15(18)16(13)19/h5-7,11,21H,1-4H3. The van der Waals surface area contributed by atoms with Crippen LogP contribution in [0.4, 0.5) is 18.9 Å². The minimum Gasteiger partial charge on any atom is -0.376 e. The molecule has 1 atom stereocenters. The van der Waals surface area contributed by atoms with E-state index in [2.05, 4.69) is 10.3 Å². The number of hydrogen-bond donors (Lipinski definition) is 1. The van der Waals surface area contributed by atoms with E-state index in [0.29, 0.717) is 0 Å². The molecule has 0 saturated carbocycles. The molecule has 2 aromatic rings. The molecule has 0 bridgehead atoms. The molecule has 0 aliphatic carbocycles. The van der Waals surface area contributed by atoms with Gasteiger partial charge in [-0.3, -0.25) is 4.98 Å². The second-order valence-corrected chi connectivity index (χ2v) is 5.17. The van der Waals surface area contributed by atoms with E-state index in [0.717, 1.165) is 28.6 Å². The first-order valence-corrected chi connectivity index (χ1v) is 6.66. The molecule has 0 aliphatic rings. The summed E-state index contributed by atoms with van der Waals surface area (Å²) < 4.78 is 39.9. The molecule has 1 N–H and O–H groups in total. The Balaban J connectivity index is 2.35. The zero-order valence-electron chi connectivity index (χ0n) is 12.4. The Kier molecular flexibility index (Phi) is 4.21. The van der Waals surface area contributed by atoms with Crippen molar-refractivity contribution in [3.05, 3.63) is 58.2 Å². The van der Waals surface area contributed by atoms with Crippen LogP contribution >= 0.6 is 0 Å². The van der Waals surface area contributed by atoms with Crippen LogP contribution in [0.15, 0.2) is 18.2 Å². The number of nitrogens with one attached hydrogen (secondary N) is 1. The summed E-state index contributed by atoms with van der Waals surface area (Å²) in [6.07, 6.45) is 0. The van der Waals surface area contributed by atoms with Gasteiger partial charge in [-0.2, -0.15) is 0 Å². The van der Waals surface area contributed by atoms with Crippen LogP contribution in [0, 0.1) is 38.2 Å². The van der Waals surface area contributed by atoms with Crippen LogP contribution in [-0.2, 0) is 0 Å². The lowest BCUT2D eigenvalue weighted by Gasteiger charge is -2.20. The van der Waals surface area contributed by atoms with Crippen LogP contribution in [0.3, 0.4) is 0 Å². The van der Waals surface area contributed by atoms with Gasteiger partial charge < -0.3 is 5.32 Å². The Bertz CT molecular complexity index is 660. The highest BCUT2D eigenvalue weighted by molar-refractivity contribution is 5.49. The summed E-state index contributed by atoms with van der Waals surface area (Å²) in [4.78, 5) is 4.38. The maximum atomic E-state index is 13.7. The van der Waals surface area contributed by atoms with Crippen molar-refractivity contribution in [2.45, 2.75) is 33.7 Å². The fourth-order valence-corrected chi connectivity index (χ4v) is 2.63. The molecule has 112 valence electrons. The lowest BCUT2D eigenvalue weighted by molar-refractivity contribution is 0.448. The highest BCUT2D eigenvalue weighted by Gasteiger charge is 2.18. The summed E-state index contributed by atoms with van der Waals surface area (Å²) >= 11 is 0. The van der Waals surface area contributed by atoms with Gasteiger partial charge in [0.15, 0.2) is 17.5 Å². The zero-order valence-corrected chi connectivity index (χ0v) is 12.4. The molecule has 0 radical (unpaired) electrons. The minimum atomic E-state index is -1.47. The van der Waals surface area contributed by atoms with E-state index in [9.17, 15) is 13.2 Å². The summed E-state index contributed by atoms with van der Waals surface area (Å²) in [7, 11) is 0. The summed E-state index contributed by atoms with van der Waals surface area (Å²) in [5.74, 6) is -3.88. The molecule has 0 aliphatic heterocycles. The Morgan fingerprint density at radius 1 is 1.05 bits per heavy atom. The lowest BCUT2D eigenvalue weighted by Crippen LogP contribution is -2.13. The number of anilines is 1. The first-order valence-electron chi connectivity index (χ1n) is 6.66. The third-order valence-electron chi connectivity index (χ3n) is 3.42. The first-order chi connectivity index (χ1) is 9.81. The molecule has 21 heavy (non-hydrogen) atoms. The van der Waals surface area contributed by atoms with Gasteiger partial charge >= 0.3 is 0 Å². The van der Waals surface area contributed by atoms with Crippen LogP contribution in [-0.4, -0.2) is 4.98 Å². The number of hydrogen-bond acceptors (Lipinski definition) is 2. The topological polar surface area (TPSA) is 24.9 Å². The normalized spacial score (nSPS) is 12.3. The molecular weight excluding hydrogens is 277 g/mol. The van der Waals surface area contributed by atoms with Gasteiger partial charge in [0.2, 0.25) is 0 Å². The van der Waals surface area contributed by atoms with Crippen molar-refractivity contribution in [1.29, 1.82) is 0 Å². The maximum Gasteiger partial charge on any atom is 0.196 e. The van der Waals surface area contributed by atoms with Gasteiger partial charge in [-0.15, -0.1) is 0 Å². The van der Waals surface area contributed by atoms with Crippen molar-refractivity contribution in [3.63, 3.8) is 0 Å². The third kappa shape index (κ3) is 3.01. The summed E-state index contributed by atoms with van der Waals surface area (Å²) in [6.45, 7) is 7.54. The number of halogens is 3. The van der Waals surface area contributed by atoms with Crippen molar-refractivity contribution < 1.29 is 13.2 Å².